The van der Waals surface area contributed by atoms with Crippen molar-refractivity contribution in [3.63, 3.8) is 0 Å². The predicted molar refractivity (Wildman–Crippen MR) is 110 cm³/mol. The van der Waals surface area contributed by atoms with Gasteiger partial charge in [0.1, 0.15) is 5.75 Å². The SMILES string of the molecule is COc1ccccc1-c1nc([C@@H]2CCCN(C(=O)CCc3ccccc3)C2)no1. The number of aromatic nitrogens is 2. The first-order valence-corrected chi connectivity index (χ1v) is 10.0. The van der Waals surface area contributed by atoms with Gasteiger partial charge in [-0.25, -0.2) is 0 Å². The van der Waals surface area contributed by atoms with Crippen LogP contribution in [0.25, 0.3) is 11.5 Å². The summed E-state index contributed by atoms with van der Waals surface area (Å²) in [4.78, 5) is 19.2. The number of rotatable bonds is 6. The Morgan fingerprint density at radius 1 is 1.17 bits per heavy atom. The van der Waals surface area contributed by atoms with Gasteiger partial charge in [-0.2, -0.15) is 4.98 Å². The largest absolute Gasteiger partial charge is 0.496 e. The maximum Gasteiger partial charge on any atom is 0.261 e. The van der Waals surface area contributed by atoms with Crippen molar-refractivity contribution in [3.05, 3.63) is 66.0 Å². The number of piperidine rings is 1. The molecule has 1 fully saturated rings. The van der Waals surface area contributed by atoms with Gasteiger partial charge in [0.05, 0.1) is 12.7 Å². The van der Waals surface area contributed by atoms with E-state index in [1.54, 1.807) is 7.11 Å². The second-order valence-corrected chi connectivity index (χ2v) is 7.32. The molecule has 0 bridgehead atoms. The van der Waals surface area contributed by atoms with Crippen molar-refractivity contribution in [2.45, 2.75) is 31.6 Å². The van der Waals surface area contributed by atoms with Gasteiger partial charge in [0.2, 0.25) is 5.91 Å². The number of amides is 1. The number of nitrogens with zero attached hydrogens (tertiary/aromatic N) is 3. The Bertz CT molecular complexity index is 955. The Labute approximate surface area is 170 Å². The molecule has 1 atom stereocenters. The van der Waals surface area contributed by atoms with Crippen LogP contribution >= 0.6 is 0 Å². The van der Waals surface area contributed by atoms with Gasteiger partial charge in [-0.3, -0.25) is 4.79 Å². The topological polar surface area (TPSA) is 68.5 Å². The summed E-state index contributed by atoms with van der Waals surface area (Å²) >= 11 is 0. The van der Waals surface area contributed by atoms with Crippen molar-refractivity contribution in [1.29, 1.82) is 0 Å². The number of ether oxygens (including phenoxy) is 1. The van der Waals surface area contributed by atoms with Gasteiger partial charge in [-0.15, -0.1) is 0 Å². The first-order chi connectivity index (χ1) is 14.2. The Morgan fingerprint density at radius 3 is 2.79 bits per heavy atom. The summed E-state index contributed by atoms with van der Waals surface area (Å²) in [5.74, 6) is 2.09. The quantitative estimate of drug-likeness (QED) is 0.633. The van der Waals surface area contributed by atoms with E-state index < -0.39 is 0 Å². The second-order valence-electron chi connectivity index (χ2n) is 7.32. The number of methoxy groups -OCH3 is 1. The van der Waals surface area contributed by atoms with E-state index in [0.717, 1.165) is 31.4 Å². The third kappa shape index (κ3) is 4.47. The molecule has 4 rings (SSSR count). The minimum Gasteiger partial charge on any atom is -0.496 e. The molecule has 0 spiro atoms. The van der Waals surface area contributed by atoms with E-state index in [1.807, 2.05) is 47.4 Å². The van der Waals surface area contributed by atoms with Crippen molar-refractivity contribution in [2.75, 3.05) is 20.2 Å². The molecule has 29 heavy (non-hydrogen) atoms. The molecule has 0 radical (unpaired) electrons. The summed E-state index contributed by atoms with van der Waals surface area (Å²) < 4.78 is 10.9. The fraction of sp³-hybridized carbons (Fsp3) is 0.348. The fourth-order valence-electron chi connectivity index (χ4n) is 3.80. The van der Waals surface area contributed by atoms with Crippen LogP contribution in [0.1, 0.15) is 36.6 Å². The first kappa shape index (κ1) is 19.2. The third-order valence-corrected chi connectivity index (χ3v) is 5.39. The molecule has 1 aromatic heterocycles. The van der Waals surface area contributed by atoms with Crippen molar-refractivity contribution in [3.8, 4) is 17.2 Å². The molecule has 0 aliphatic carbocycles. The maximum atomic E-state index is 12.7. The number of benzene rings is 2. The highest BCUT2D eigenvalue weighted by molar-refractivity contribution is 5.76. The van der Waals surface area contributed by atoms with Crippen LogP contribution in [0.5, 0.6) is 5.75 Å². The minimum absolute atomic E-state index is 0.0941. The van der Waals surface area contributed by atoms with Crippen molar-refractivity contribution < 1.29 is 14.1 Å². The smallest absolute Gasteiger partial charge is 0.261 e. The van der Waals surface area contributed by atoms with Crippen LogP contribution in [0.4, 0.5) is 0 Å². The van der Waals surface area contributed by atoms with E-state index in [1.165, 1.54) is 5.56 Å². The molecule has 0 saturated carbocycles. The maximum absolute atomic E-state index is 12.7. The van der Waals surface area contributed by atoms with E-state index in [-0.39, 0.29) is 11.8 Å². The van der Waals surface area contributed by atoms with Crippen LogP contribution in [0.15, 0.2) is 59.1 Å². The Kier molecular flexibility index (Phi) is 5.89. The lowest BCUT2D eigenvalue weighted by Crippen LogP contribution is -2.39. The number of hydrogen-bond acceptors (Lipinski definition) is 5. The van der Waals surface area contributed by atoms with E-state index in [0.29, 0.717) is 30.4 Å². The van der Waals surface area contributed by atoms with E-state index in [9.17, 15) is 4.79 Å². The Hall–Kier alpha value is -3.15. The Balaban J connectivity index is 1.41. The molecule has 6 heteroatoms. The Morgan fingerprint density at radius 2 is 1.97 bits per heavy atom. The molecule has 1 aliphatic heterocycles. The standard InChI is InChI=1S/C23H25N3O3/c1-28-20-12-6-5-11-19(20)23-24-22(25-29-23)18-10-7-15-26(16-18)21(27)14-13-17-8-3-2-4-9-17/h2-6,8-9,11-12,18H,7,10,13-16H2,1H3/t18-/m1/s1. The van der Waals surface area contributed by atoms with Crippen LogP contribution in [0, 0.1) is 0 Å². The lowest BCUT2D eigenvalue weighted by molar-refractivity contribution is -0.132. The van der Waals surface area contributed by atoms with E-state index in [2.05, 4.69) is 22.3 Å². The van der Waals surface area contributed by atoms with Gasteiger partial charge in [-0.1, -0.05) is 47.6 Å². The molecule has 1 saturated heterocycles. The van der Waals surface area contributed by atoms with Gasteiger partial charge in [0.15, 0.2) is 5.82 Å². The molecule has 150 valence electrons. The molecule has 0 N–H and O–H groups in total. The highest BCUT2D eigenvalue weighted by Gasteiger charge is 2.28. The van der Waals surface area contributed by atoms with Gasteiger partial charge in [0, 0.05) is 25.4 Å². The van der Waals surface area contributed by atoms with Crippen molar-refractivity contribution >= 4 is 5.91 Å². The van der Waals surface area contributed by atoms with E-state index >= 15 is 0 Å². The van der Waals surface area contributed by atoms with E-state index in [4.69, 9.17) is 9.26 Å². The number of likely N-dealkylation sites (tertiary alicyclic amines) is 1. The van der Waals surface area contributed by atoms with Crippen LogP contribution < -0.4 is 4.74 Å². The second kappa shape index (κ2) is 8.90. The zero-order chi connectivity index (χ0) is 20.1. The third-order valence-electron chi connectivity index (χ3n) is 5.39. The summed E-state index contributed by atoms with van der Waals surface area (Å²) in [6, 6.07) is 17.7. The molecule has 2 aromatic carbocycles. The zero-order valence-electron chi connectivity index (χ0n) is 16.6. The average Bonchev–Trinajstić information content (AvgIpc) is 3.28. The molecular weight excluding hydrogens is 366 g/mol. The van der Waals surface area contributed by atoms with Gasteiger partial charge in [0.25, 0.3) is 5.89 Å². The highest BCUT2D eigenvalue weighted by atomic mass is 16.5. The zero-order valence-corrected chi connectivity index (χ0v) is 16.6. The monoisotopic (exact) mass is 391 g/mol. The molecule has 2 heterocycles. The van der Waals surface area contributed by atoms with Gasteiger partial charge < -0.3 is 14.2 Å². The highest BCUT2D eigenvalue weighted by Crippen LogP contribution is 2.31. The number of aryl methyl sites for hydroxylation is 1. The summed E-state index contributed by atoms with van der Waals surface area (Å²) in [6.07, 6.45) is 3.18. The van der Waals surface area contributed by atoms with Crippen LogP contribution in [-0.4, -0.2) is 41.1 Å². The normalized spacial score (nSPS) is 16.6. The molecule has 3 aromatic rings. The van der Waals surface area contributed by atoms with Crippen molar-refractivity contribution in [2.24, 2.45) is 0 Å². The summed E-state index contributed by atoms with van der Waals surface area (Å²) in [5, 5.41) is 4.20. The number of hydrogen-bond donors (Lipinski definition) is 0. The lowest BCUT2D eigenvalue weighted by atomic mass is 9.96. The lowest BCUT2D eigenvalue weighted by Gasteiger charge is -2.31. The van der Waals surface area contributed by atoms with Crippen LogP contribution in [0.2, 0.25) is 0 Å². The number of para-hydroxylation sites is 1. The molecular formula is C23H25N3O3. The first-order valence-electron chi connectivity index (χ1n) is 10.0. The van der Waals surface area contributed by atoms with Crippen LogP contribution in [-0.2, 0) is 11.2 Å². The number of carbonyl (C=O) groups is 1. The molecule has 6 nitrogen and oxygen atoms in total. The molecule has 1 amide bonds. The minimum atomic E-state index is 0.0941. The predicted octanol–water partition coefficient (Wildman–Crippen LogP) is 4.08. The summed E-state index contributed by atoms with van der Waals surface area (Å²) in [5.41, 5.74) is 1.97. The summed E-state index contributed by atoms with van der Waals surface area (Å²) in [7, 11) is 1.62. The average molecular weight is 391 g/mol. The van der Waals surface area contributed by atoms with Crippen molar-refractivity contribution in [1.82, 2.24) is 15.0 Å². The van der Waals surface area contributed by atoms with Gasteiger partial charge in [-0.05, 0) is 37.0 Å². The molecule has 0 unspecified atom stereocenters. The molecule has 1 aliphatic rings. The fourth-order valence-corrected chi connectivity index (χ4v) is 3.80. The van der Waals surface area contributed by atoms with Crippen LogP contribution in [0.3, 0.4) is 0 Å². The number of carbonyl (C=O) groups excluding carboxylic acids is 1. The van der Waals surface area contributed by atoms with Gasteiger partial charge >= 0.3 is 0 Å². The summed E-state index contributed by atoms with van der Waals surface area (Å²) in [6.45, 7) is 1.43.